The second kappa shape index (κ2) is 8.78. The van der Waals surface area contributed by atoms with Crippen LogP contribution in [0.3, 0.4) is 0 Å². The van der Waals surface area contributed by atoms with Crippen LogP contribution in [0, 0.1) is 6.92 Å². The Labute approximate surface area is 148 Å². The number of amides is 1. The summed E-state index contributed by atoms with van der Waals surface area (Å²) < 4.78 is 5.01. The topological polar surface area (TPSA) is 80.0 Å². The number of halogens is 1. The highest BCUT2D eigenvalue weighted by atomic mass is 35.5. The molecule has 0 radical (unpaired) electrons. The van der Waals surface area contributed by atoms with Crippen molar-refractivity contribution < 1.29 is 9.53 Å². The van der Waals surface area contributed by atoms with E-state index < -0.39 is 0 Å². The van der Waals surface area contributed by atoms with Crippen molar-refractivity contribution in [3.05, 3.63) is 34.3 Å². The van der Waals surface area contributed by atoms with Crippen LogP contribution in [0.2, 0.25) is 5.02 Å². The SMILES string of the molecule is CCOC(=O)N1CCC(NC(N)=NCc2ccc(Cl)c(C)c2)CC1. The lowest BCUT2D eigenvalue weighted by molar-refractivity contribution is 0.0963. The number of carbonyl (C=O) groups is 1. The number of guanidine groups is 1. The van der Waals surface area contributed by atoms with Crippen LogP contribution in [-0.4, -0.2) is 42.7 Å². The number of hydrogen-bond donors (Lipinski definition) is 2. The molecule has 0 spiro atoms. The zero-order chi connectivity index (χ0) is 17.5. The summed E-state index contributed by atoms with van der Waals surface area (Å²) in [4.78, 5) is 17.8. The number of nitrogens with zero attached hydrogens (tertiary/aromatic N) is 2. The highest BCUT2D eigenvalue weighted by Crippen LogP contribution is 2.17. The molecule has 132 valence electrons. The highest BCUT2D eigenvalue weighted by Gasteiger charge is 2.23. The molecule has 6 nitrogen and oxygen atoms in total. The molecule has 0 atom stereocenters. The van der Waals surface area contributed by atoms with Gasteiger partial charge in [-0.25, -0.2) is 9.79 Å². The van der Waals surface area contributed by atoms with Gasteiger partial charge in [0.05, 0.1) is 13.2 Å². The summed E-state index contributed by atoms with van der Waals surface area (Å²) >= 11 is 6.02. The largest absolute Gasteiger partial charge is 0.450 e. The van der Waals surface area contributed by atoms with E-state index >= 15 is 0 Å². The van der Waals surface area contributed by atoms with Crippen molar-refractivity contribution in [3.63, 3.8) is 0 Å². The van der Waals surface area contributed by atoms with E-state index in [9.17, 15) is 4.79 Å². The summed E-state index contributed by atoms with van der Waals surface area (Å²) in [6, 6.07) is 6.06. The molecule has 1 heterocycles. The number of piperidine rings is 1. The van der Waals surface area contributed by atoms with E-state index in [0.29, 0.717) is 32.2 Å². The van der Waals surface area contributed by atoms with E-state index in [1.165, 1.54) is 0 Å². The van der Waals surface area contributed by atoms with Crippen LogP contribution in [0.4, 0.5) is 4.79 Å². The number of aryl methyl sites for hydroxylation is 1. The number of benzene rings is 1. The Kier molecular flexibility index (Phi) is 6.73. The van der Waals surface area contributed by atoms with Crippen molar-refractivity contribution >= 4 is 23.7 Å². The van der Waals surface area contributed by atoms with Crippen LogP contribution in [0.15, 0.2) is 23.2 Å². The highest BCUT2D eigenvalue weighted by molar-refractivity contribution is 6.31. The molecule has 0 saturated carbocycles. The maximum atomic E-state index is 11.7. The average molecular weight is 353 g/mol. The third-order valence-corrected chi connectivity index (χ3v) is 4.45. The molecule has 1 aliphatic heterocycles. The Bertz CT molecular complexity index is 598. The first-order chi connectivity index (χ1) is 11.5. The number of likely N-dealkylation sites (tertiary alicyclic amines) is 1. The van der Waals surface area contributed by atoms with Gasteiger partial charge < -0.3 is 20.7 Å². The number of carbonyl (C=O) groups excluding carboxylic acids is 1. The quantitative estimate of drug-likeness (QED) is 0.645. The third-order valence-electron chi connectivity index (χ3n) is 4.03. The van der Waals surface area contributed by atoms with Gasteiger partial charge in [-0.3, -0.25) is 0 Å². The third kappa shape index (κ3) is 5.30. The molecular weight excluding hydrogens is 328 g/mol. The molecular formula is C17H25ClN4O2. The van der Waals surface area contributed by atoms with Crippen LogP contribution in [0.25, 0.3) is 0 Å². The summed E-state index contributed by atoms with van der Waals surface area (Å²) in [6.45, 7) is 6.03. The van der Waals surface area contributed by atoms with E-state index in [2.05, 4.69) is 10.3 Å². The van der Waals surface area contributed by atoms with Crippen LogP contribution < -0.4 is 11.1 Å². The average Bonchev–Trinajstić information content (AvgIpc) is 2.57. The standard InChI is InChI=1S/C17H25ClN4O2/c1-3-24-17(23)22-8-6-14(7-9-22)21-16(19)20-11-13-4-5-15(18)12(2)10-13/h4-5,10,14H,3,6-9,11H2,1-2H3,(H3,19,20,21). The predicted octanol–water partition coefficient (Wildman–Crippen LogP) is 2.67. The molecule has 0 bridgehead atoms. The molecule has 1 aromatic rings. The summed E-state index contributed by atoms with van der Waals surface area (Å²) in [5.74, 6) is 0.428. The number of rotatable bonds is 4. The van der Waals surface area contributed by atoms with E-state index in [1.54, 1.807) is 4.90 Å². The normalized spacial score (nSPS) is 16.1. The molecule has 24 heavy (non-hydrogen) atoms. The molecule has 0 aromatic heterocycles. The minimum absolute atomic E-state index is 0.228. The van der Waals surface area contributed by atoms with Crippen LogP contribution >= 0.6 is 11.6 Å². The van der Waals surface area contributed by atoms with E-state index in [0.717, 1.165) is 29.0 Å². The number of nitrogens with one attached hydrogen (secondary N) is 1. The Morgan fingerprint density at radius 1 is 1.46 bits per heavy atom. The maximum absolute atomic E-state index is 11.7. The van der Waals surface area contributed by atoms with Crippen molar-refractivity contribution in [2.45, 2.75) is 39.3 Å². The Balaban J connectivity index is 1.79. The number of nitrogens with two attached hydrogens (primary N) is 1. The smallest absolute Gasteiger partial charge is 0.409 e. The molecule has 1 aliphatic rings. The lowest BCUT2D eigenvalue weighted by Gasteiger charge is -2.31. The Morgan fingerprint density at radius 2 is 2.17 bits per heavy atom. The van der Waals surface area contributed by atoms with Gasteiger partial charge in [0.1, 0.15) is 0 Å². The fourth-order valence-corrected chi connectivity index (χ4v) is 2.78. The zero-order valence-corrected chi connectivity index (χ0v) is 15.0. The van der Waals surface area contributed by atoms with Gasteiger partial charge in [0.15, 0.2) is 5.96 Å². The first-order valence-corrected chi connectivity index (χ1v) is 8.60. The molecule has 1 aromatic carbocycles. The van der Waals surface area contributed by atoms with Gasteiger partial charge in [-0.1, -0.05) is 23.7 Å². The first-order valence-electron chi connectivity index (χ1n) is 8.22. The minimum Gasteiger partial charge on any atom is -0.450 e. The summed E-state index contributed by atoms with van der Waals surface area (Å²) in [7, 11) is 0. The minimum atomic E-state index is -0.240. The van der Waals surface area contributed by atoms with Gasteiger partial charge >= 0.3 is 6.09 Å². The maximum Gasteiger partial charge on any atom is 0.409 e. The molecule has 7 heteroatoms. The van der Waals surface area contributed by atoms with Crippen molar-refractivity contribution in [1.29, 1.82) is 0 Å². The van der Waals surface area contributed by atoms with Gasteiger partial charge in [0.2, 0.25) is 0 Å². The van der Waals surface area contributed by atoms with E-state index in [-0.39, 0.29) is 12.1 Å². The van der Waals surface area contributed by atoms with Gasteiger partial charge in [-0.05, 0) is 43.9 Å². The van der Waals surface area contributed by atoms with Crippen LogP contribution in [-0.2, 0) is 11.3 Å². The van der Waals surface area contributed by atoms with Crippen molar-refractivity contribution in [3.8, 4) is 0 Å². The second-order valence-electron chi connectivity index (χ2n) is 5.89. The molecule has 1 amide bonds. The lowest BCUT2D eigenvalue weighted by atomic mass is 10.1. The van der Waals surface area contributed by atoms with Gasteiger partial charge in [0.25, 0.3) is 0 Å². The van der Waals surface area contributed by atoms with Crippen molar-refractivity contribution in [1.82, 2.24) is 10.2 Å². The monoisotopic (exact) mass is 352 g/mol. The van der Waals surface area contributed by atoms with Gasteiger partial charge in [-0.2, -0.15) is 0 Å². The molecule has 1 fully saturated rings. The summed E-state index contributed by atoms with van der Waals surface area (Å²) in [5, 5.41) is 3.98. The van der Waals surface area contributed by atoms with E-state index in [4.69, 9.17) is 22.1 Å². The van der Waals surface area contributed by atoms with Crippen LogP contribution in [0.1, 0.15) is 30.9 Å². The van der Waals surface area contributed by atoms with E-state index in [1.807, 2.05) is 32.0 Å². The lowest BCUT2D eigenvalue weighted by Crippen LogP contribution is -2.48. The molecule has 0 aliphatic carbocycles. The summed E-state index contributed by atoms with van der Waals surface area (Å²) in [5.41, 5.74) is 8.07. The molecule has 2 rings (SSSR count). The second-order valence-corrected chi connectivity index (χ2v) is 6.30. The Morgan fingerprint density at radius 3 is 2.79 bits per heavy atom. The first kappa shape index (κ1) is 18.4. The van der Waals surface area contributed by atoms with Gasteiger partial charge in [-0.15, -0.1) is 0 Å². The van der Waals surface area contributed by atoms with Crippen LogP contribution in [0.5, 0.6) is 0 Å². The number of ether oxygens (including phenoxy) is 1. The van der Waals surface area contributed by atoms with Gasteiger partial charge in [0, 0.05) is 24.2 Å². The number of aliphatic imine (C=N–C) groups is 1. The fourth-order valence-electron chi connectivity index (χ4n) is 2.66. The summed E-state index contributed by atoms with van der Waals surface area (Å²) in [6.07, 6.45) is 1.42. The molecule has 0 unspecified atom stereocenters. The molecule has 3 N–H and O–H groups in total. The zero-order valence-electron chi connectivity index (χ0n) is 14.2. The van der Waals surface area contributed by atoms with Crippen molar-refractivity contribution in [2.75, 3.05) is 19.7 Å². The number of hydrogen-bond acceptors (Lipinski definition) is 3. The van der Waals surface area contributed by atoms with Crippen molar-refractivity contribution in [2.24, 2.45) is 10.7 Å². The molecule has 1 saturated heterocycles. The predicted molar refractivity (Wildman–Crippen MR) is 96.3 cm³/mol. The fraction of sp³-hybridized carbons (Fsp3) is 0.529. The Hall–Kier alpha value is -1.95.